The van der Waals surface area contributed by atoms with Gasteiger partial charge in [-0.15, -0.1) is 0 Å². The number of nitrogens with zero attached hydrogens (tertiary/aromatic N) is 2. The average molecular weight is 239 g/mol. The molecule has 2 fully saturated rings. The number of hydrogen-bond acceptors (Lipinski definition) is 3. The van der Waals surface area contributed by atoms with Crippen molar-refractivity contribution in [2.24, 2.45) is 5.92 Å². The summed E-state index contributed by atoms with van der Waals surface area (Å²) >= 11 is 0. The number of piperidine rings is 1. The summed E-state index contributed by atoms with van der Waals surface area (Å²) in [4.78, 5) is 5.36. The highest BCUT2D eigenvalue weighted by molar-refractivity contribution is 4.87. The zero-order valence-corrected chi connectivity index (χ0v) is 11.8. The van der Waals surface area contributed by atoms with Gasteiger partial charge in [-0.2, -0.15) is 0 Å². The van der Waals surface area contributed by atoms with Crippen LogP contribution in [0.5, 0.6) is 0 Å². The van der Waals surface area contributed by atoms with Crippen molar-refractivity contribution in [1.29, 1.82) is 0 Å². The summed E-state index contributed by atoms with van der Waals surface area (Å²) in [5.41, 5.74) is 0. The van der Waals surface area contributed by atoms with Gasteiger partial charge in [0.05, 0.1) is 0 Å². The Bertz CT molecular complexity index is 222. The largest absolute Gasteiger partial charge is 0.316 e. The van der Waals surface area contributed by atoms with Crippen LogP contribution >= 0.6 is 0 Å². The second kappa shape index (κ2) is 6.17. The lowest BCUT2D eigenvalue weighted by Gasteiger charge is -2.37. The zero-order chi connectivity index (χ0) is 12.3. The Morgan fingerprint density at radius 3 is 2.35 bits per heavy atom. The van der Waals surface area contributed by atoms with Crippen LogP contribution in [0.25, 0.3) is 0 Å². The molecule has 1 N–H and O–H groups in total. The number of hydrogen-bond donors (Lipinski definition) is 1. The van der Waals surface area contributed by atoms with Crippen LogP contribution in [0.2, 0.25) is 0 Å². The van der Waals surface area contributed by atoms with E-state index in [1.54, 1.807) is 0 Å². The Hall–Kier alpha value is -0.120. The van der Waals surface area contributed by atoms with Crippen molar-refractivity contribution in [3.8, 4) is 0 Å². The highest BCUT2D eigenvalue weighted by atomic mass is 15.2. The predicted molar refractivity (Wildman–Crippen MR) is 73.3 cm³/mol. The summed E-state index contributed by atoms with van der Waals surface area (Å²) in [6.45, 7) is 11.1. The molecule has 0 radical (unpaired) electrons. The van der Waals surface area contributed by atoms with E-state index in [9.17, 15) is 0 Å². The van der Waals surface area contributed by atoms with Crippen molar-refractivity contribution < 1.29 is 0 Å². The summed E-state index contributed by atoms with van der Waals surface area (Å²) < 4.78 is 0. The average Bonchev–Trinajstić information content (AvgIpc) is 2.78. The maximum atomic E-state index is 3.42. The molecular weight excluding hydrogens is 210 g/mol. The predicted octanol–water partition coefficient (Wildman–Crippen LogP) is 1.40. The van der Waals surface area contributed by atoms with E-state index in [0.717, 1.165) is 18.0 Å². The van der Waals surface area contributed by atoms with Crippen molar-refractivity contribution in [2.45, 2.75) is 45.2 Å². The van der Waals surface area contributed by atoms with Gasteiger partial charge in [0.15, 0.2) is 0 Å². The SMILES string of the molecule is CNC1CCN(C2CCN(CC(C)C)CC2)C1. The number of nitrogens with one attached hydrogen (secondary N) is 1. The second-order valence-corrected chi connectivity index (χ2v) is 6.19. The summed E-state index contributed by atoms with van der Waals surface area (Å²) in [5, 5.41) is 3.42. The summed E-state index contributed by atoms with van der Waals surface area (Å²) in [5.74, 6) is 0.812. The molecule has 2 saturated heterocycles. The minimum absolute atomic E-state index is 0.740. The van der Waals surface area contributed by atoms with Gasteiger partial charge in [-0.25, -0.2) is 0 Å². The van der Waals surface area contributed by atoms with Gasteiger partial charge in [-0.05, 0) is 45.3 Å². The smallest absolute Gasteiger partial charge is 0.0204 e. The molecule has 0 amide bonds. The molecule has 0 aromatic heterocycles. The molecule has 2 rings (SSSR count). The van der Waals surface area contributed by atoms with Crippen molar-refractivity contribution in [1.82, 2.24) is 15.1 Å². The normalized spacial score (nSPS) is 29.3. The van der Waals surface area contributed by atoms with E-state index < -0.39 is 0 Å². The third-order valence-corrected chi connectivity index (χ3v) is 4.32. The summed E-state index contributed by atoms with van der Waals surface area (Å²) in [7, 11) is 2.10. The molecule has 0 saturated carbocycles. The minimum Gasteiger partial charge on any atom is -0.316 e. The Kier molecular flexibility index (Phi) is 4.83. The summed E-state index contributed by atoms with van der Waals surface area (Å²) in [6.07, 6.45) is 4.09. The van der Waals surface area contributed by atoms with Crippen LogP contribution in [0.4, 0.5) is 0 Å². The molecule has 0 spiro atoms. The molecule has 1 unspecified atom stereocenters. The maximum Gasteiger partial charge on any atom is 0.0204 e. The van der Waals surface area contributed by atoms with Gasteiger partial charge < -0.3 is 10.2 Å². The topological polar surface area (TPSA) is 18.5 Å². The lowest BCUT2D eigenvalue weighted by Crippen LogP contribution is -2.45. The highest BCUT2D eigenvalue weighted by Crippen LogP contribution is 2.21. The molecule has 0 aromatic carbocycles. The van der Waals surface area contributed by atoms with Gasteiger partial charge in [0.2, 0.25) is 0 Å². The first kappa shape index (κ1) is 13.3. The van der Waals surface area contributed by atoms with Crippen LogP contribution in [0, 0.1) is 5.92 Å². The monoisotopic (exact) mass is 239 g/mol. The van der Waals surface area contributed by atoms with Gasteiger partial charge in [0.1, 0.15) is 0 Å². The van der Waals surface area contributed by atoms with Crippen molar-refractivity contribution >= 4 is 0 Å². The lowest BCUT2D eigenvalue weighted by atomic mass is 10.0. The molecule has 3 nitrogen and oxygen atoms in total. The lowest BCUT2D eigenvalue weighted by molar-refractivity contribution is 0.117. The fraction of sp³-hybridized carbons (Fsp3) is 1.00. The maximum absolute atomic E-state index is 3.42. The first-order chi connectivity index (χ1) is 8.19. The zero-order valence-electron chi connectivity index (χ0n) is 11.8. The molecule has 0 aromatic rings. The number of likely N-dealkylation sites (N-methyl/N-ethyl adjacent to an activating group) is 1. The third-order valence-electron chi connectivity index (χ3n) is 4.32. The second-order valence-electron chi connectivity index (χ2n) is 6.19. The van der Waals surface area contributed by atoms with E-state index in [1.807, 2.05) is 0 Å². The van der Waals surface area contributed by atoms with E-state index >= 15 is 0 Å². The molecule has 2 aliphatic rings. The Morgan fingerprint density at radius 1 is 1.12 bits per heavy atom. The molecule has 0 aliphatic carbocycles. The number of likely N-dealkylation sites (tertiary alicyclic amines) is 2. The van der Waals surface area contributed by atoms with Crippen molar-refractivity contribution in [2.75, 3.05) is 39.8 Å². The van der Waals surface area contributed by atoms with Crippen LogP contribution in [0.3, 0.4) is 0 Å². The molecule has 3 heteroatoms. The standard InChI is InChI=1S/C14H29N3/c1-12(2)10-16-7-5-14(6-8-16)17-9-4-13(11-17)15-3/h12-15H,4-11H2,1-3H3. The van der Waals surface area contributed by atoms with Gasteiger partial charge in [0.25, 0.3) is 0 Å². The van der Waals surface area contributed by atoms with Crippen LogP contribution in [0.1, 0.15) is 33.1 Å². The molecule has 0 bridgehead atoms. The fourth-order valence-electron chi connectivity index (χ4n) is 3.34. The van der Waals surface area contributed by atoms with E-state index in [0.29, 0.717) is 0 Å². The molecule has 2 heterocycles. The molecule has 1 atom stereocenters. The van der Waals surface area contributed by atoms with Crippen LogP contribution < -0.4 is 5.32 Å². The number of rotatable bonds is 4. The van der Waals surface area contributed by atoms with Crippen LogP contribution in [-0.2, 0) is 0 Å². The van der Waals surface area contributed by atoms with E-state index in [2.05, 4.69) is 36.0 Å². The third kappa shape index (κ3) is 3.67. The van der Waals surface area contributed by atoms with E-state index in [4.69, 9.17) is 0 Å². The first-order valence-corrected chi connectivity index (χ1v) is 7.32. The highest BCUT2D eigenvalue weighted by Gasteiger charge is 2.29. The first-order valence-electron chi connectivity index (χ1n) is 7.32. The van der Waals surface area contributed by atoms with Gasteiger partial charge in [-0.3, -0.25) is 4.90 Å². The van der Waals surface area contributed by atoms with E-state index in [-0.39, 0.29) is 0 Å². The Morgan fingerprint density at radius 2 is 1.82 bits per heavy atom. The van der Waals surface area contributed by atoms with E-state index in [1.165, 1.54) is 52.0 Å². The van der Waals surface area contributed by atoms with Gasteiger partial charge in [-0.1, -0.05) is 13.8 Å². The Balaban J connectivity index is 1.72. The van der Waals surface area contributed by atoms with Crippen molar-refractivity contribution in [3.63, 3.8) is 0 Å². The van der Waals surface area contributed by atoms with Crippen molar-refractivity contribution in [3.05, 3.63) is 0 Å². The minimum atomic E-state index is 0.740. The molecule has 100 valence electrons. The fourth-order valence-corrected chi connectivity index (χ4v) is 3.34. The van der Waals surface area contributed by atoms with Gasteiger partial charge in [0, 0.05) is 31.7 Å². The molecule has 2 aliphatic heterocycles. The quantitative estimate of drug-likeness (QED) is 0.800. The molecule has 17 heavy (non-hydrogen) atoms. The van der Waals surface area contributed by atoms with Crippen LogP contribution in [0.15, 0.2) is 0 Å². The molecular formula is C14H29N3. The van der Waals surface area contributed by atoms with Crippen LogP contribution in [-0.4, -0.2) is 61.7 Å². The Labute approximate surface area is 107 Å². The summed E-state index contributed by atoms with van der Waals surface area (Å²) in [6, 6.07) is 1.60. The van der Waals surface area contributed by atoms with Gasteiger partial charge >= 0.3 is 0 Å².